The van der Waals surface area contributed by atoms with Crippen LogP contribution < -0.4 is 11.1 Å². The maximum atomic E-state index is 10.9. The largest absolute Gasteiger partial charge is 0.368 e. The second-order valence-electron chi connectivity index (χ2n) is 3.69. The summed E-state index contributed by atoms with van der Waals surface area (Å²) < 4.78 is 0. The normalized spacial score (nSPS) is 28.8. The molecule has 0 bridgehead atoms. The quantitative estimate of drug-likeness (QED) is 0.558. The van der Waals surface area contributed by atoms with Crippen molar-refractivity contribution in [3.8, 4) is 0 Å². The molecular weight excluding hydrogens is 166 g/mol. The van der Waals surface area contributed by atoms with E-state index < -0.39 is 0 Å². The molecule has 0 unspecified atom stereocenters. The van der Waals surface area contributed by atoms with Crippen molar-refractivity contribution in [3.63, 3.8) is 0 Å². The van der Waals surface area contributed by atoms with Crippen LogP contribution in [0.1, 0.15) is 6.92 Å². The summed E-state index contributed by atoms with van der Waals surface area (Å²) in [6.45, 7) is 2.70. The van der Waals surface area contributed by atoms with Crippen LogP contribution in [0.25, 0.3) is 0 Å². The van der Waals surface area contributed by atoms with Gasteiger partial charge in [-0.15, -0.1) is 0 Å². The SMILES string of the molecule is CC1=C[C@@H](N(C)C)CN[C@@H]1C(N)=O. The fraction of sp³-hybridized carbons (Fsp3) is 0.667. The van der Waals surface area contributed by atoms with Gasteiger partial charge in [-0.2, -0.15) is 0 Å². The van der Waals surface area contributed by atoms with E-state index >= 15 is 0 Å². The molecule has 4 nitrogen and oxygen atoms in total. The molecule has 74 valence electrons. The first kappa shape index (κ1) is 10.2. The highest BCUT2D eigenvalue weighted by Gasteiger charge is 2.24. The van der Waals surface area contributed by atoms with Crippen molar-refractivity contribution in [1.82, 2.24) is 10.2 Å². The highest BCUT2D eigenvalue weighted by atomic mass is 16.1. The van der Waals surface area contributed by atoms with E-state index in [0.29, 0.717) is 6.04 Å². The Morgan fingerprint density at radius 3 is 2.69 bits per heavy atom. The van der Waals surface area contributed by atoms with Gasteiger partial charge in [0, 0.05) is 12.6 Å². The summed E-state index contributed by atoms with van der Waals surface area (Å²) in [6.07, 6.45) is 2.09. The minimum absolute atomic E-state index is 0.281. The van der Waals surface area contributed by atoms with Crippen LogP contribution in [-0.2, 0) is 4.79 Å². The summed E-state index contributed by atoms with van der Waals surface area (Å²) in [5, 5.41) is 3.12. The second kappa shape index (κ2) is 3.89. The third-order valence-corrected chi connectivity index (χ3v) is 2.39. The number of nitrogens with one attached hydrogen (secondary N) is 1. The van der Waals surface area contributed by atoms with Gasteiger partial charge in [-0.05, 0) is 26.6 Å². The lowest BCUT2D eigenvalue weighted by atomic mass is 10.0. The Hall–Kier alpha value is -0.870. The van der Waals surface area contributed by atoms with Crippen molar-refractivity contribution in [2.24, 2.45) is 5.73 Å². The van der Waals surface area contributed by atoms with Gasteiger partial charge >= 0.3 is 0 Å². The fourth-order valence-electron chi connectivity index (χ4n) is 1.51. The zero-order valence-corrected chi connectivity index (χ0v) is 8.37. The van der Waals surface area contributed by atoms with E-state index in [2.05, 4.69) is 16.3 Å². The Balaban J connectivity index is 2.72. The first-order valence-corrected chi connectivity index (χ1v) is 4.40. The van der Waals surface area contributed by atoms with Gasteiger partial charge in [0.25, 0.3) is 0 Å². The molecule has 1 heterocycles. The van der Waals surface area contributed by atoms with E-state index in [-0.39, 0.29) is 11.9 Å². The van der Waals surface area contributed by atoms with E-state index in [1.54, 1.807) is 0 Å². The lowest BCUT2D eigenvalue weighted by Crippen LogP contribution is -2.51. The molecule has 0 fully saturated rings. The van der Waals surface area contributed by atoms with Crippen LogP contribution in [0.15, 0.2) is 11.6 Å². The van der Waals surface area contributed by atoms with Crippen LogP contribution in [0.3, 0.4) is 0 Å². The second-order valence-corrected chi connectivity index (χ2v) is 3.69. The number of hydrogen-bond acceptors (Lipinski definition) is 3. The van der Waals surface area contributed by atoms with E-state index in [4.69, 9.17) is 5.73 Å². The van der Waals surface area contributed by atoms with Crippen LogP contribution in [0.4, 0.5) is 0 Å². The summed E-state index contributed by atoms with van der Waals surface area (Å²) in [7, 11) is 4.03. The molecule has 0 spiro atoms. The van der Waals surface area contributed by atoms with Crippen molar-refractivity contribution in [3.05, 3.63) is 11.6 Å². The molecule has 4 heteroatoms. The molecule has 0 radical (unpaired) electrons. The van der Waals surface area contributed by atoms with Gasteiger partial charge in [0.2, 0.25) is 5.91 Å². The summed E-state index contributed by atoms with van der Waals surface area (Å²) >= 11 is 0. The number of likely N-dealkylation sites (N-methyl/N-ethyl adjacent to an activating group) is 1. The first-order valence-electron chi connectivity index (χ1n) is 4.40. The predicted molar refractivity (Wildman–Crippen MR) is 52.2 cm³/mol. The number of primary amides is 1. The summed E-state index contributed by atoms with van der Waals surface area (Å²) in [4.78, 5) is 13.1. The monoisotopic (exact) mass is 183 g/mol. The molecule has 0 aromatic carbocycles. The molecule has 0 aromatic heterocycles. The minimum atomic E-state index is -0.300. The van der Waals surface area contributed by atoms with Crippen molar-refractivity contribution in [2.75, 3.05) is 20.6 Å². The number of nitrogens with zero attached hydrogens (tertiary/aromatic N) is 1. The maximum Gasteiger partial charge on any atom is 0.238 e. The molecule has 1 aliphatic heterocycles. The van der Waals surface area contributed by atoms with Crippen LogP contribution >= 0.6 is 0 Å². The number of amides is 1. The highest BCUT2D eigenvalue weighted by molar-refractivity contribution is 5.83. The summed E-state index contributed by atoms with van der Waals surface area (Å²) in [5.41, 5.74) is 6.23. The van der Waals surface area contributed by atoms with Crippen LogP contribution in [0.5, 0.6) is 0 Å². The van der Waals surface area contributed by atoms with Gasteiger partial charge in [-0.1, -0.05) is 6.08 Å². The molecule has 0 saturated heterocycles. The molecule has 2 atom stereocenters. The Morgan fingerprint density at radius 2 is 2.31 bits per heavy atom. The van der Waals surface area contributed by atoms with Crippen LogP contribution in [-0.4, -0.2) is 43.5 Å². The van der Waals surface area contributed by atoms with Crippen molar-refractivity contribution in [1.29, 1.82) is 0 Å². The lowest BCUT2D eigenvalue weighted by molar-refractivity contribution is -0.119. The molecule has 3 N–H and O–H groups in total. The molecule has 1 aliphatic rings. The molecule has 0 aliphatic carbocycles. The molecule has 1 amide bonds. The zero-order chi connectivity index (χ0) is 10.0. The number of nitrogens with two attached hydrogens (primary N) is 1. The van der Waals surface area contributed by atoms with E-state index in [1.165, 1.54) is 0 Å². The van der Waals surface area contributed by atoms with Crippen molar-refractivity contribution in [2.45, 2.75) is 19.0 Å². The Kier molecular flexibility index (Phi) is 3.06. The third kappa shape index (κ3) is 2.29. The van der Waals surface area contributed by atoms with Crippen LogP contribution in [0, 0.1) is 0 Å². The molecular formula is C9H17N3O. The van der Waals surface area contributed by atoms with Gasteiger partial charge in [0.1, 0.15) is 6.04 Å². The molecule has 0 saturated carbocycles. The van der Waals surface area contributed by atoms with Crippen molar-refractivity contribution >= 4 is 5.91 Å². The predicted octanol–water partition coefficient (Wildman–Crippen LogP) is -0.680. The third-order valence-electron chi connectivity index (χ3n) is 2.39. The lowest BCUT2D eigenvalue weighted by Gasteiger charge is -2.30. The topological polar surface area (TPSA) is 58.4 Å². The first-order chi connectivity index (χ1) is 6.02. The average molecular weight is 183 g/mol. The number of rotatable bonds is 2. The van der Waals surface area contributed by atoms with E-state index in [9.17, 15) is 4.79 Å². The van der Waals surface area contributed by atoms with Gasteiger partial charge in [0.05, 0.1) is 0 Å². The minimum Gasteiger partial charge on any atom is -0.368 e. The van der Waals surface area contributed by atoms with Crippen molar-refractivity contribution < 1.29 is 4.79 Å². The number of carbonyl (C=O) groups is 1. The van der Waals surface area contributed by atoms with Crippen LogP contribution in [0.2, 0.25) is 0 Å². The zero-order valence-electron chi connectivity index (χ0n) is 8.37. The van der Waals surface area contributed by atoms with Gasteiger partial charge in [-0.25, -0.2) is 0 Å². The average Bonchev–Trinajstić information content (AvgIpc) is 2.03. The molecule has 1 rings (SSSR count). The smallest absolute Gasteiger partial charge is 0.238 e. The van der Waals surface area contributed by atoms with Gasteiger partial charge in [-0.3, -0.25) is 4.79 Å². The van der Waals surface area contributed by atoms with Gasteiger partial charge < -0.3 is 16.0 Å². The molecule has 0 aromatic rings. The standard InChI is InChI=1S/C9H17N3O/c1-6-4-7(12(2)3)5-11-8(6)9(10)13/h4,7-8,11H,5H2,1-3H3,(H2,10,13)/t7-,8+/m1/s1. The van der Waals surface area contributed by atoms with E-state index in [0.717, 1.165) is 12.1 Å². The highest BCUT2D eigenvalue weighted by Crippen LogP contribution is 2.10. The Morgan fingerprint density at radius 1 is 1.69 bits per heavy atom. The Bertz CT molecular complexity index is 235. The van der Waals surface area contributed by atoms with E-state index in [1.807, 2.05) is 21.0 Å². The Labute approximate surface area is 78.8 Å². The summed E-state index contributed by atoms with van der Waals surface area (Å²) in [6, 6.07) is 0.0757. The summed E-state index contributed by atoms with van der Waals surface area (Å²) in [5.74, 6) is -0.300. The number of hydrogen-bond donors (Lipinski definition) is 2. The maximum absolute atomic E-state index is 10.9. The fourth-order valence-corrected chi connectivity index (χ4v) is 1.51. The van der Waals surface area contributed by atoms with Gasteiger partial charge in [0.15, 0.2) is 0 Å². The number of carbonyl (C=O) groups excluding carboxylic acids is 1. The molecule has 13 heavy (non-hydrogen) atoms.